The minimum atomic E-state index is -0.387. The number of carbonyl (C=O) groups is 1. The van der Waals surface area contributed by atoms with Crippen LogP contribution in [0.2, 0.25) is 5.02 Å². The van der Waals surface area contributed by atoms with Crippen LogP contribution in [-0.4, -0.2) is 11.5 Å². The smallest absolute Gasteiger partial charge is 0.166 e. The van der Waals surface area contributed by atoms with E-state index < -0.39 is 0 Å². The molecule has 0 aromatic heterocycles. The van der Waals surface area contributed by atoms with Crippen molar-refractivity contribution in [2.75, 3.05) is 5.75 Å². The third kappa shape index (κ3) is 5.24. The highest BCUT2D eigenvalue weighted by molar-refractivity contribution is 8.02. The summed E-state index contributed by atoms with van der Waals surface area (Å²) in [5.41, 5.74) is 3.64. The molecule has 5 heteroatoms. The minimum absolute atomic E-state index is 0.0671. The third-order valence-corrected chi connectivity index (χ3v) is 6.57. The first kappa shape index (κ1) is 23.6. The number of carbonyl (C=O) groups excluding carboxylic acids is 1. The van der Waals surface area contributed by atoms with E-state index in [2.05, 4.69) is 20.4 Å². The maximum Gasteiger partial charge on any atom is 0.166 e. The lowest BCUT2D eigenvalue weighted by Gasteiger charge is -2.28. The summed E-state index contributed by atoms with van der Waals surface area (Å²) >= 11 is 7.46. The number of Topliss-reactive ketones (excluding diaryl/α,β-unsaturated/α-hetero) is 1. The Hall–Kier alpha value is -2.04. The fraction of sp³-hybridized carbons (Fsp3) is 0.346. The molecule has 31 heavy (non-hydrogen) atoms. The number of halogens is 2. The largest absolute Gasteiger partial charge is 0.454 e. The normalized spacial score (nSPS) is 16.5. The number of hydrogen-bond donors (Lipinski definition) is 0. The van der Waals surface area contributed by atoms with Gasteiger partial charge in [-0.15, -0.1) is 0 Å². The molecule has 0 spiro atoms. The summed E-state index contributed by atoms with van der Waals surface area (Å²) in [5.74, 6) is 1.38. The second kappa shape index (κ2) is 10.5. The van der Waals surface area contributed by atoms with E-state index in [1.807, 2.05) is 25.1 Å². The van der Waals surface area contributed by atoms with Gasteiger partial charge in [0.2, 0.25) is 0 Å². The Bertz CT molecular complexity index is 1030. The Labute approximate surface area is 193 Å². The van der Waals surface area contributed by atoms with Crippen molar-refractivity contribution in [1.82, 2.24) is 0 Å². The number of rotatable bonds is 8. The van der Waals surface area contributed by atoms with Crippen molar-refractivity contribution in [3.05, 3.63) is 75.8 Å². The van der Waals surface area contributed by atoms with E-state index in [1.54, 1.807) is 12.1 Å². The highest BCUT2D eigenvalue weighted by Crippen LogP contribution is 2.41. The van der Waals surface area contributed by atoms with Gasteiger partial charge in [0.05, 0.1) is 5.57 Å². The van der Waals surface area contributed by atoms with Crippen LogP contribution in [0.3, 0.4) is 0 Å². The zero-order valence-corrected chi connectivity index (χ0v) is 19.8. The van der Waals surface area contributed by atoms with E-state index >= 15 is 0 Å². The minimum Gasteiger partial charge on any atom is -0.454 e. The fourth-order valence-corrected chi connectivity index (χ4v) is 4.66. The number of aryl methyl sites for hydroxylation is 1. The summed E-state index contributed by atoms with van der Waals surface area (Å²) in [6, 6.07) is 10.4. The molecule has 0 fully saturated rings. The predicted octanol–water partition coefficient (Wildman–Crippen LogP) is 8.05. The van der Waals surface area contributed by atoms with Crippen LogP contribution in [0.15, 0.2) is 53.8 Å². The molecule has 0 saturated carbocycles. The van der Waals surface area contributed by atoms with Gasteiger partial charge in [0.1, 0.15) is 11.6 Å². The molecule has 1 unspecified atom stereocenters. The van der Waals surface area contributed by atoms with Crippen molar-refractivity contribution in [3.63, 3.8) is 0 Å². The average Bonchev–Trinajstić information content (AvgIpc) is 2.74. The fourth-order valence-electron chi connectivity index (χ4n) is 4.03. The van der Waals surface area contributed by atoms with Crippen molar-refractivity contribution >= 4 is 34.7 Å². The Morgan fingerprint density at radius 3 is 2.61 bits per heavy atom. The van der Waals surface area contributed by atoms with Gasteiger partial charge in [0.15, 0.2) is 10.9 Å². The lowest BCUT2D eigenvalue weighted by Crippen LogP contribution is -2.21. The molecule has 1 atom stereocenters. The molecule has 2 nitrogen and oxygen atoms in total. The third-order valence-electron chi connectivity index (χ3n) is 5.64. The van der Waals surface area contributed by atoms with Crippen molar-refractivity contribution in [2.45, 2.75) is 46.5 Å². The summed E-state index contributed by atoms with van der Waals surface area (Å²) in [6.07, 6.45) is 2.88. The highest BCUT2D eigenvalue weighted by Gasteiger charge is 2.32. The Morgan fingerprint density at radius 2 is 1.97 bits per heavy atom. The quantitative estimate of drug-likeness (QED) is 0.374. The van der Waals surface area contributed by atoms with Crippen molar-refractivity contribution in [2.24, 2.45) is 5.92 Å². The van der Waals surface area contributed by atoms with Gasteiger partial charge in [-0.25, -0.2) is 4.39 Å². The lowest BCUT2D eigenvalue weighted by atomic mass is 9.80. The number of benzene rings is 2. The molecule has 2 aromatic rings. The maximum atomic E-state index is 14.6. The molecule has 0 aliphatic heterocycles. The van der Waals surface area contributed by atoms with Crippen molar-refractivity contribution in [3.8, 4) is 11.1 Å². The van der Waals surface area contributed by atoms with Crippen LogP contribution in [0.1, 0.15) is 51.2 Å². The Kier molecular flexibility index (Phi) is 8.01. The molecule has 2 aromatic carbocycles. The van der Waals surface area contributed by atoms with Crippen LogP contribution >= 0.6 is 23.4 Å². The van der Waals surface area contributed by atoms with Crippen LogP contribution < -0.4 is 0 Å². The second-order valence-corrected chi connectivity index (χ2v) is 9.32. The average molecular weight is 459 g/mol. The summed E-state index contributed by atoms with van der Waals surface area (Å²) in [5, 5.41) is 0.950. The molecule has 0 heterocycles. The second-order valence-electron chi connectivity index (χ2n) is 7.56. The van der Waals surface area contributed by atoms with Gasteiger partial charge in [-0.1, -0.05) is 56.3 Å². The van der Waals surface area contributed by atoms with Crippen LogP contribution in [0.5, 0.6) is 0 Å². The van der Waals surface area contributed by atoms with E-state index in [4.69, 9.17) is 16.3 Å². The van der Waals surface area contributed by atoms with Crippen LogP contribution in [0.25, 0.3) is 16.7 Å². The number of hydrogen-bond acceptors (Lipinski definition) is 3. The Morgan fingerprint density at radius 1 is 1.19 bits per heavy atom. The van der Waals surface area contributed by atoms with Gasteiger partial charge in [0, 0.05) is 22.9 Å². The lowest BCUT2D eigenvalue weighted by molar-refractivity contribution is -0.114. The molecule has 1 aliphatic carbocycles. The molecule has 0 saturated heterocycles. The van der Waals surface area contributed by atoms with Gasteiger partial charge in [-0.3, -0.25) is 4.79 Å². The van der Waals surface area contributed by atoms with Crippen LogP contribution in [-0.2, 0) is 16.0 Å². The van der Waals surface area contributed by atoms with Gasteiger partial charge >= 0.3 is 0 Å². The van der Waals surface area contributed by atoms with Crippen LogP contribution in [0.4, 0.5) is 4.39 Å². The summed E-state index contributed by atoms with van der Waals surface area (Å²) < 4.78 is 20.8. The topological polar surface area (TPSA) is 26.3 Å². The van der Waals surface area contributed by atoms with E-state index in [1.165, 1.54) is 17.8 Å². The molecule has 0 bridgehead atoms. The van der Waals surface area contributed by atoms with E-state index in [0.717, 1.165) is 36.1 Å². The van der Waals surface area contributed by atoms with Gasteiger partial charge in [-0.2, -0.15) is 0 Å². The Balaban J connectivity index is 2.21. The van der Waals surface area contributed by atoms with Crippen LogP contribution in [0, 0.1) is 11.7 Å². The van der Waals surface area contributed by atoms with Gasteiger partial charge in [0.25, 0.3) is 0 Å². The molecule has 1 aliphatic rings. The summed E-state index contributed by atoms with van der Waals surface area (Å²) in [7, 11) is 0. The number of ether oxygens (including phenoxy) is 1. The molecule has 0 N–H and O–H groups in total. The van der Waals surface area contributed by atoms with E-state index in [-0.39, 0.29) is 17.5 Å². The monoisotopic (exact) mass is 458 g/mol. The first-order valence-electron chi connectivity index (χ1n) is 10.7. The van der Waals surface area contributed by atoms with E-state index in [9.17, 15) is 9.18 Å². The summed E-state index contributed by atoms with van der Waals surface area (Å²) in [4.78, 5) is 13.2. The summed E-state index contributed by atoms with van der Waals surface area (Å²) in [6.45, 7) is 10.2. The molecule has 164 valence electrons. The predicted molar refractivity (Wildman–Crippen MR) is 130 cm³/mol. The number of thioether (sulfide) groups is 1. The highest BCUT2D eigenvalue weighted by atomic mass is 35.5. The molecule has 0 radical (unpaired) electrons. The van der Waals surface area contributed by atoms with Gasteiger partial charge in [-0.05, 0) is 72.6 Å². The number of ketones is 1. The number of allylic oxidation sites excluding steroid dienone is 2. The van der Waals surface area contributed by atoms with Crippen molar-refractivity contribution in [1.29, 1.82) is 0 Å². The zero-order valence-electron chi connectivity index (χ0n) is 18.3. The molecular formula is C26H28ClFO2S. The first-order valence-corrected chi connectivity index (χ1v) is 12.1. The first-order chi connectivity index (χ1) is 14.9. The zero-order chi connectivity index (χ0) is 22.5. The molecule has 0 amide bonds. The van der Waals surface area contributed by atoms with Crippen molar-refractivity contribution < 1.29 is 13.9 Å². The molecule has 3 rings (SSSR count). The standard InChI is InChI=1S/C26H28ClFO2S/c1-5-17-8-9-19(21-12-11-20(27)15-23(21)28)14-22(17)25-24(29)13-10-18(6-2)26(25)30-16(4)31-7-3/h8-9,11-12,14-15,18H,4-7,10,13H2,1-3H3. The van der Waals surface area contributed by atoms with Gasteiger partial charge < -0.3 is 4.74 Å². The molecular weight excluding hydrogens is 431 g/mol. The maximum absolute atomic E-state index is 14.6. The SMILES string of the molecule is C=C(OC1=C(c2cc(-c3ccc(Cl)cc3F)ccc2CC)C(=O)CCC1CC)SCC. The van der Waals surface area contributed by atoms with E-state index in [0.29, 0.717) is 39.0 Å².